The van der Waals surface area contributed by atoms with Gasteiger partial charge in [0.2, 0.25) is 5.88 Å². The average molecular weight is 386 g/mol. The van der Waals surface area contributed by atoms with Gasteiger partial charge in [0, 0.05) is 22.4 Å². The van der Waals surface area contributed by atoms with E-state index in [1.807, 2.05) is 24.3 Å². The number of aromatic nitrogens is 3. The monoisotopic (exact) mass is 386 g/mol. The molecule has 0 spiro atoms. The number of thiol groups is 1. The van der Waals surface area contributed by atoms with E-state index in [1.54, 1.807) is 30.0 Å². The first kappa shape index (κ1) is 17.3. The van der Waals surface area contributed by atoms with Gasteiger partial charge in [-0.15, -0.1) is 5.10 Å². The van der Waals surface area contributed by atoms with Gasteiger partial charge in [0.15, 0.2) is 11.4 Å². The van der Waals surface area contributed by atoms with Crippen molar-refractivity contribution in [2.24, 2.45) is 0 Å². The van der Waals surface area contributed by atoms with Crippen LogP contribution in [-0.4, -0.2) is 38.3 Å². The van der Waals surface area contributed by atoms with Gasteiger partial charge < -0.3 is 13.9 Å². The Balaban J connectivity index is 1.67. The van der Waals surface area contributed by atoms with Crippen molar-refractivity contribution in [1.82, 2.24) is 14.6 Å². The smallest absolute Gasteiger partial charge is 0.231 e. The Labute approximate surface area is 156 Å². The first-order valence-electron chi connectivity index (χ1n) is 8.36. The van der Waals surface area contributed by atoms with Crippen LogP contribution in [0.5, 0.6) is 11.6 Å². The van der Waals surface area contributed by atoms with Gasteiger partial charge in [-0.1, -0.05) is 6.07 Å². The van der Waals surface area contributed by atoms with Crippen LogP contribution in [0.2, 0.25) is 0 Å². The Kier molecular flexibility index (Phi) is 4.68. The Bertz CT molecular complexity index is 1170. The first-order valence-corrected chi connectivity index (χ1v) is 9.80. The SMILES string of the molecule is COc1cccc2oc(-c3cnc4ccc(OCCC[SH](=N)=O)nn34)cc12. The minimum Gasteiger partial charge on any atom is -0.496 e. The lowest BCUT2D eigenvalue weighted by atomic mass is 10.2. The van der Waals surface area contributed by atoms with E-state index in [0.29, 0.717) is 41.8 Å². The van der Waals surface area contributed by atoms with E-state index in [2.05, 4.69) is 10.1 Å². The summed E-state index contributed by atoms with van der Waals surface area (Å²) < 4.78 is 36.5. The summed E-state index contributed by atoms with van der Waals surface area (Å²) in [7, 11) is -0.267. The van der Waals surface area contributed by atoms with Crippen LogP contribution in [0.15, 0.2) is 47.0 Å². The predicted octanol–water partition coefficient (Wildman–Crippen LogP) is 3.16. The third-order valence-corrected chi connectivity index (χ3v) is 4.81. The number of fused-ring (bicyclic) bond motifs is 2. The van der Waals surface area contributed by atoms with E-state index < -0.39 is 10.6 Å². The molecule has 4 aromatic rings. The van der Waals surface area contributed by atoms with Gasteiger partial charge >= 0.3 is 0 Å². The number of furan rings is 1. The van der Waals surface area contributed by atoms with Crippen molar-refractivity contribution in [3.63, 3.8) is 0 Å². The van der Waals surface area contributed by atoms with E-state index in [4.69, 9.17) is 18.7 Å². The normalized spacial score (nSPS) is 12.5. The number of rotatable bonds is 7. The van der Waals surface area contributed by atoms with Crippen LogP contribution in [0, 0.1) is 4.78 Å². The minimum absolute atomic E-state index is 0.314. The molecule has 3 heterocycles. The van der Waals surface area contributed by atoms with Gasteiger partial charge in [-0.2, -0.15) is 0 Å². The molecule has 0 saturated carbocycles. The van der Waals surface area contributed by atoms with Gasteiger partial charge in [0.05, 0.1) is 25.3 Å². The molecule has 0 fully saturated rings. The molecule has 9 heteroatoms. The molecule has 0 aliphatic carbocycles. The molecule has 0 aliphatic heterocycles. The molecule has 0 bridgehead atoms. The fourth-order valence-electron chi connectivity index (χ4n) is 2.82. The second-order valence-electron chi connectivity index (χ2n) is 5.87. The average Bonchev–Trinajstić information content (AvgIpc) is 3.28. The van der Waals surface area contributed by atoms with Crippen molar-refractivity contribution in [2.75, 3.05) is 19.5 Å². The van der Waals surface area contributed by atoms with Gasteiger partial charge in [-0.3, -0.25) is 8.99 Å². The zero-order valence-corrected chi connectivity index (χ0v) is 15.5. The molecule has 3 aromatic heterocycles. The van der Waals surface area contributed by atoms with Crippen LogP contribution in [-0.2, 0) is 10.6 Å². The topological polar surface area (TPSA) is 103 Å². The van der Waals surface area contributed by atoms with Gasteiger partial charge in [0.1, 0.15) is 17.0 Å². The molecule has 8 nitrogen and oxygen atoms in total. The highest BCUT2D eigenvalue weighted by Crippen LogP contribution is 2.33. The predicted molar refractivity (Wildman–Crippen MR) is 102 cm³/mol. The van der Waals surface area contributed by atoms with E-state index in [9.17, 15) is 4.21 Å². The highest BCUT2D eigenvalue weighted by Gasteiger charge is 2.15. The maximum atomic E-state index is 10.8. The van der Waals surface area contributed by atoms with Crippen molar-refractivity contribution in [1.29, 1.82) is 4.78 Å². The Hall–Kier alpha value is -3.07. The molecule has 0 amide bonds. The van der Waals surface area contributed by atoms with Gasteiger partial charge in [-0.25, -0.2) is 9.50 Å². The molecular weight excluding hydrogens is 368 g/mol. The van der Waals surface area contributed by atoms with E-state index in [-0.39, 0.29) is 0 Å². The van der Waals surface area contributed by atoms with Crippen molar-refractivity contribution >= 4 is 27.2 Å². The number of nitrogens with zero attached hydrogens (tertiary/aromatic N) is 3. The maximum absolute atomic E-state index is 10.8. The molecule has 1 aromatic carbocycles. The van der Waals surface area contributed by atoms with Crippen LogP contribution in [0.4, 0.5) is 0 Å². The molecular formula is C18H18N4O4S. The number of hydrogen-bond donors (Lipinski definition) is 2. The van der Waals surface area contributed by atoms with Crippen LogP contribution < -0.4 is 9.47 Å². The lowest BCUT2D eigenvalue weighted by Crippen LogP contribution is -2.04. The van der Waals surface area contributed by atoms with Crippen LogP contribution in [0.3, 0.4) is 0 Å². The van der Waals surface area contributed by atoms with Gasteiger partial charge in [0.25, 0.3) is 0 Å². The zero-order chi connectivity index (χ0) is 18.8. The molecule has 1 unspecified atom stereocenters. The summed E-state index contributed by atoms with van der Waals surface area (Å²) in [6.07, 6.45) is 2.24. The van der Waals surface area contributed by atoms with Crippen LogP contribution in [0.25, 0.3) is 28.1 Å². The summed E-state index contributed by atoms with van der Waals surface area (Å²) in [5.41, 5.74) is 2.08. The number of ether oxygens (including phenoxy) is 2. The van der Waals surface area contributed by atoms with E-state index in [1.165, 1.54) is 0 Å². The standard InChI is InChI=1S/C18H18N4O4S/c1-24-14-4-2-5-15-12(14)10-16(26-15)13-11-20-17-6-7-18(21-22(13)17)25-8-3-9-27(19)23/h2,4-7,10-11,19,27H,3,8-9H2,1H3. The van der Waals surface area contributed by atoms with Crippen molar-refractivity contribution in [3.8, 4) is 23.1 Å². The zero-order valence-electron chi connectivity index (χ0n) is 14.6. The highest BCUT2D eigenvalue weighted by molar-refractivity contribution is 7.73. The number of imidazole rings is 1. The Morgan fingerprint density at radius 1 is 1.30 bits per heavy atom. The number of nitrogens with one attached hydrogen (secondary N) is 1. The van der Waals surface area contributed by atoms with Crippen molar-refractivity contribution < 1.29 is 18.1 Å². The van der Waals surface area contributed by atoms with E-state index >= 15 is 0 Å². The Morgan fingerprint density at radius 2 is 2.19 bits per heavy atom. The van der Waals surface area contributed by atoms with Crippen LogP contribution >= 0.6 is 0 Å². The summed E-state index contributed by atoms with van der Waals surface area (Å²) >= 11 is 0. The highest BCUT2D eigenvalue weighted by atomic mass is 32.2. The molecule has 0 aliphatic rings. The quantitative estimate of drug-likeness (QED) is 0.374. The summed E-state index contributed by atoms with van der Waals surface area (Å²) in [5, 5.41) is 5.34. The third-order valence-electron chi connectivity index (χ3n) is 4.09. The molecule has 0 saturated heterocycles. The lowest BCUT2D eigenvalue weighted by Gasteiger charge is -2.05. The molecule has 4 rings (SSSR count). The summed E-state index contributed by atoms with van der Waals surface area (Å²) in [5.74, 6) is 2.10. The minimum atomic E-state index is -1.89. The molecule has 1 N–H and O–H groups in total. The van der Waals surface area contributed by atoms with Crippen LogP contribution in [0.1, 0.15) is 6.42 Å². The molecule has 140 valence electrons. The first-order chi connectivity index (χ1) is 13.2. The fraction of sp³-hybridized carbons (Fsp3) is 0.222. The molecule has 27 heavy (non-hydrogen) atoms. The largest absolute Gasteiger partial charge is 0.496 e. The van der Waals surface area contributed by atoms with Crippen molar-refractivity contribution in [2.45, 2.75) is 6.42 Å². The summed E-state index contributed by atoms with van der Waals surface area (Å²) in [6.45, 7) is 0.352. The summed E-state index contributed by atoms with van der Waals surface area (Å²) in [4.78, 5) is 4.36. The number of hydrogen-bond acceptors (Lipinski definition) is 7. The number of methoxy groups -OCH3 is 1. The molecule has 1 atom stereocenters. The maximum Gasteiger partial charge on any atom is 0.231 e. The molecule has 0 radical (unpaired) electrons. The lowest BCUT2D eigenvalue weighted by molar-refractivity contribution is 0.301. The van der Waals surface area contributed by atoms with E-state index in [0.717, 1.165) is 16.7 Å². The summed E-state index contributed by atoms with van der Waals surface area (Å²) in [6, 6.07) is 11.1. The third kappa shape index (κ3) is 3.45. The van der Waals surface area contributed by atoms with Gasteiger partial charge in [-0.05, 0) is 30.7 Å². The van der Waals surface area contributed by atoms with Crippen molar-refractivity contribution in [3.05, 3.63) is 42.6 Å². The number of benzene rings is 1. The fourth-order valence-corrected chi connectivity index (χ4v) is 3.24. The second-order valence-corrected chi connectivity index (χ2v) is 7.08. The Morgan fingerprint density at radius 3 is 3.00 bits per heavy atom. The second kappa shape index (κ2) is 7.28.